The highest BCUT2D eigenvalue weighted by atomic mass is 16.6. The molecule has 1 saturated heterocycles. The Bertz CT molecular complexity index is 583. The molecule has 0 N–H and O–H groups in total. The number of carbonyl (C=O) groups excluding carboxylic acids is 3. The van der Waals surface area contributed by atoms with Crippen LogP contribution in [0, 0.1) is 0 Å². The van der Waals surface area contributed by atoms with Gasteiger partial charge < -0.3 is 18.9 Å². The van der Waals surface area contributed by atoms with Gasteiger partial charge in [-0.3, -0.25) is 4.79 Å². The van der Waals surface area contributed by atoms with Crippen LogP contribution >= 0.6 is 0 Å². The molecule has 1 rings (SSSR count). The first-order valence-corrected chi connectivity index (χ1v) is 10.4. The quantitative estimate of drug-likeness (QED) is 0.105. The molecule has 1 aliphatic rings. The van der Waals surface area contributed by atoms with E-state index in [0.29, 0.717) is 32.0 Å². The van der Waals surface area contributed by atoms with Crippen molar-refractivity contribution in [3.8, 4) is 0 Å². The molecular formula is C24H38O7. The molecule has 7 heteroatoms. The second kappa shape index (κ2) is 20.6. The molecule has 0 radical (unpaired) electrons. The van der Waals surface area contributed by atoms with Crippen LogP contribution in [0.1, 0.15) is 52.9 Å². The zero-order chi connectivity index (χ0) is 24.1. The first kappa shape index (κ1) is 30.5. The van der Waals surface area contributed by atoms with Crippen molar-refractivity contribution in [2.45, 2.75) is 59.0 Å². The molecule has 0 aliphatic carbocycles. The van der Waals surface area contributed by atoms with Crippen molar-refractivity contribution in [2.24, 2.45) is 0 Å². The number of ether oxygens (including phenoxy) is 4. The van der Waals surface area contributed by atoms with Gasteiger partial charge in [-0.2, -0.15) is 0 Å². The summed E-state index contributed by atoms with van der Waals surface area (Å²) in [4.78, 5) is 33.3. The maximum absolute atomic E-state index is 11.4. The molecule has 31 heavy (non-hydrogen) atoms. The highest BCUT2D eigenvalue weighted by Gasteiger charge is 2.24. The van der Waals surface area contributed by atoms with Crippen LogP contribution in [0.3, 0.4) is 0 Å². The summed E-state index contributed by atoms with van der Waals surface area (Å²) in [6.07, 6.45) is 6.91. The lowest BCUT2D eigenvalue weighted by atomic mass is 10.2. The largest absolute Gasteiger partial charge is 0.465 e. The average Bonchev–Trinajstić information content (AvgIpc) is 3.57. The topological polar surface area (TPSA) is 91.4 Å². The second-order valence-corrected chi connectivity index (χ2v) is 6.65. The molecule has 7 nitrogen and oxygen atoms in total. The summed E-state index contributed by atoms with van der Waals surface area (Å²) < 4.78 is 19.4. The minimum atomic E-state index is -0.508. The molecule has 0 aromatic carbocycles. The molecular weight excluding hydrogens is 400 g/mol. The Labute approximate surface area is 186 Å². The summed E-state index contributed by atoms with van der Waals surface area (Å²) in [5.74, 6) is -1.27. The van der Waals surface area contributed by atoms with Crippen LogP contribution < -0.4 is 0 Å². The summed E-state index contributed by atoms with van der Waals surface area (Å²) in [5, 5.41) is 0. The fourth-order valence-corrected chi connectivity index (χ4v) is 1.50. The Morgan fingerprint density at radius 3 is 1.87 bits per heavy atom. The van der Waals surface area contributed by atoms with Crippen molar-refractivity contribution in [3.05, 3.63) is 49.6 Å². The maximum Gasteiger partial charge on any atom is 0.333 e. The molecule has 1 aliphatic heterocycles. The second-order valence-electron chi connectivity index (χ2n) is 6.65. The molecule has 0 spiro atoms. The third kappa shape index (κ3) is 21.8. The Hall–Kier alpha value is -2.67. The van der Waals surface area contributed by atoms with Crippen molar-refractivity contribution in [3.63, 3.8) is 0 Å². The number of allylic oxidation sites excluding steroid dienone is 2. The molecule has 1 unspecified atom stereocenters. The lowest BCUT2D eigenvalue weighted by molar-refractivity contribution is -0.146. The molecule has 1 heterocycles. The fourth-order valence-electron chi connectivity index (χ4n) is 1.50. The van der Waals surface area contributed by atoms with Gasteiger partial charge in [0.15, 0.2) is 0 Å². The van der Waals surface area contributed by atoms with Gasteiger partial charge in [-0.15, -0.1) is 0 Å². The van der Waals surface area contributed by atoms with Crippen molar-refractivity contribution < 1.29 is 33.3 Å². The van der Waals surface area contributed by atoms with Crippen LogP contribution in [-0.2, 0) is 33.3 Å². The summed E-state index contributed by atoms with van der Waals surface area (Å²) in [6, 6.07) is 0. The Kier molecular flexibility index (Phi) is 20.3. The molecule has 0 amide bonds. The van der Waals surface area contributed by atoms with E-state index < -0.39 is 11.9 Å². The van der Waals surface area contributed by atoms with Gasteiger partial charge >= 0.3 is 17.9 Å². The number of carbonyl (C=O) groups is 3. The first-order valence-electron chi connectivity index (χ1n) is 10.4. The first-order chi connectivity index (χ1) is 14.7. The van der Waals surface area contributed by atoms with E-state index in [-0.39, 0.29) is 24.1 Å². The lowest BCUT2D eigenvalue weighted by Gasteiger charge is -2.07. The van der Waals surface area contributed by atoms with E-state index in [4.69, 9.17) is 18.9 Å². The number of epoxide rings is 1. The highest BCUT2D eigenvalue weighted by Crippen LogP contribution is 2.09. The standard InChI is InChI=1S/C13H22O4.C7H10O3.C4H6/c1-4-6-8-16-12(14)10-11(3)13(15)17-9-7-5-2;1-5(2)7(8)10-4-6-3-9-6;1-3-4-2/h3-10H2,1-2H3;6H,1,3-4H2,2H3;3-4H,1-2H2. The van der Waals surface area contributed by atoms with Crippen LogP contribution in [0.4, 0.5) is 0 Å². The molecule has 0 bridgehead atoms. The zero-order valence-electron chi connectivity index (χ0n) is 19.3. The van der Waals surface area contributed by atoms with Gasteiger partial charge in [0.25, 0.3) is 0 Å². The van der Waals surface area contributed by atoms with Crippen molar-refractivity contribution in [1.82, 2.24) is 0 Å². The number of rotatable bonds is 13. The van der Waals surface area contributed by atoms with Crippen molar-refractivity contribution >= 4 is 17.9 Å². The Morgan fingerprint density at radius 1 is 0.935 bits per heavy atom. The molecule has 176 valence electrons. The van der Waals surface area contributed by atoms with Gasteiger partial charge in [0.2, 0.25) is 0 Å². The number of hydrogen-bond donors (Lipinski definition) is 0. The monoisotopic (exact) mass is 438 g/mol. The average molecular weight is 439 g/mol. The smallest absolute Gasteiger partial charge is 0.333 e. The minimum Gasteiger partial charge on any atom is -0.465 e. The third-order valence-corrected chi connectivity index (χ3v) is 3.46. The van der Waals surface area contributed by atoms with E-state index in [1.165, 1.54) is 0 Å². The van der Waals surface area contributed by atoms with E-state index in [1.54, 1.807) is 19.1 Å². The maximum atomic E-state index is 11.4. The van der Waals surface area contributed by atoms with Gasteiger partial charge in [-0.05, 0) is 19.8 Å². The highest BCUT2D eigenvalue weighted by molar-refractivity contribution is 5.93. The van der Waals surface area contributed by atoms with Gasteiger partial charge in [0.1, 0.15) is 12.7 Å². The Morgan fingerprint density at radius 2 is 1.45 bits per heavy atom. The Balaban J connectivity index is 0. The number of esters is 3. The van der Waals surface area contributed by atoms with Gasteiger partial charge in [0, 0.05) is 11.1 Å². The van der Waals surface area contributed by atoms with E-state index in [1.807, 2.05) is 13.8 Å². The van der Waals surface area contributed by atoms with E-state index in [0.717, 1.165) is 25.7 Å². The molecule has 0 aromatic rings. The van der Waals surface area contributed by atoms with Gasteiger partial charge in [-0.25, -0.2) is 9.59 Å². The predicted molar refractivity (Wildman–Crippen MR) is 121 cm³/mol. The van der Waals surface area contributed by atoms with Crippen LogP contribution in [-0.4, -0.2) is 50.4 Å². The van der Waals surface area contributed by atoms with Crippen LogP contribution in [0.2, 0.25) is 0 Å². The van der Waals surface area contributed by atoms with E-state index >= 15 is 0 Å². The minimum absolute atomic E-state index is 0.0886. The molecule has 0 aromatic heterocycles. The summed E-state index contributed by atoms with van der Waals surface area (Å²) >= 11 is 0. The van der Waals surface area contributed by atoms with Crippen LogP contribution in [0.15, 0.2) is 49.6 Å². The fraction of sp³-hybridized carbons (Fsp3) is 0.542. The molecule has 0 saturated carbocycles. The third-order valence-electron chi connectivity index (χ3n) is 3.46. The lowest BCUT2D eigenvalue weighted by Crippen LogP contribution is -2.13. The molecule has 1 atom stereocenters. The number of hydrogen-bond acceptors (Lipinski definition) is 7. The molecule has 1 fully saturated rings. The predicted octanol–water partition coefficient (Wildman–Crippen LogP) is 4.48. The normalized spacial score (nSPS) is 13.1. The number of unbranched alkanes of at least 4 members (excludes halogenated alkanes) is 2. The van der Waals surface area contributed by atoms with E-state index in [9.17, 15) is 14.4 Å². The SMILES string of the molecule is C=C(C)C(=O)OCC1CO1.C=C(CC(=O)OCCCC)C(=O)OCCCC.C=CC=C. The van der Waals surface area contributed by atoms with Gasteiger partial charge in [-0.1, -0.05) is 65.2 Å². The summed E-state index contributed by atoms with van der Waals surface area (Å²) in [5.41, 5.74) is 0.586. The summed E-state index contributed by atoms with van der Waals surface area (Å²) in [7, 11) is 0. The van der Waals surface area contributed by atoms with Crippen LogP contribution in [0.25, 0.3) is 0 Å². The van der Waals surface area contributed by atoms with Gasteiger partial charge in [0.05, 0.1) is 26.2 Å². The summed E-state index contributed by atoms with van der Waals surface area (Å²) in [6.45, 7) is 21.2. The van der Waals surface area contributed by atoms with Crippen molar-refractivity contribution in [2.75, 3.05) is 26.4 Å². The zero-order valence-corrected chi connectivity index (χ0v) is 19.3. The van der Waals surface area contributed by atoms with E-state index in [2.05, 4.69) is 26.3 Å². The van der Waals surface area contributed by atoms with Crippen molar-refractivity contribution in [1.29, 1.82) is 0 Å². The van der Waals surface area contributed by atoms with Crippen LogP contribution in [0.5, 0.6) is 0 Å².